The summed E-state index contributed by atoms with van der Waals surface area (Å²) < 4.78 is 0. The number of piperidine rings is 3. The van der Waals surface area contributed by atoms with Crippen molar-refractivity contribution < 1.29 is 4.79 Å². The van der Waals surface area contributed by atoms with Crippen molar-refractivity contribution >= 4 is 5.91 Å². The number of rotatable bonds is 6. The van der Waals surface area contributed by atoms with Crippen molar-refractivity contribution in [1.82, 2.24) is 25.4 Å². The van der Waals surface area contributed by atoms with Gasteiger partial charge in [0, 0.05) is 38.1 Å². The summed E-state index contributed by atoms with van der Waals surface area (Å²) in [6.07, 6.45) is 10.8. The van der Waals surface area contributed by atoms with Gasteiger partial charge in [0.15, 0.2) is 0 Å². The quantitative estimate of drug-likeness (QED) is 0.765. The van der Waals surface area contributed by atoms with E-state index in [1.165, 1.54) is 31.2 Å². The number of hydrogen-bond donors (Lipinski definition) is 2. The van der Waals surface area contributed by atoms with Crippen molar-refractivity contribution in [2.75, 3.05) is 45.8 Å². The zero-order valence-corrected chi connectivity index (χ0v) is 17.7. The summed E-state index contributed by atoms with van der Waals surface area (Å²) in [5, 5.41) is 6.67. The molecule has 3 saturated heterocycles. The van der Waals surface area contributed by atoms with Crippen molar-refractivity contribution in [2.24, 2.45) is 11.8 Å². The van der Waals surface area contributed by atoms with Gasteiger partial charge in [-0.1, -0.05) is 6.07 Å². The molecule has 3 aliphatic rings. The predicted octanol–water partition coefficient (Wildman–Crippen LogP) is 1.87. The van der Waals surface area contributed by atoms with Crippen molar-refractivity contribution in [3.8, 4) is 0 Å². The summed E-state index contributed by atoms with van der Waals surface area (Å²) in [6.45, 7) is 8.45. The molecule has 1 aromatic heterocycles. The first-order chi connectivity index (χ1) is 14.3. The first-order valence-electron chi connectivity index (χ1n) is 11.6. The molecule has 6 nitrogen and oxygen atoms in total. The first kappa shape index (κ1) is 20.8. The molecule has 29 heavy (non-hydrogen) atoms. The summed E-state index contributed by atoms with van der Waals surface area (Å²) in [6, 6.07) is 4.82. The van der Waals surface area contributed by atoms with E-state index in [4.69, 9.17) is 0 Å². The Labute approximate surface area is 175 Å². The lowest BCUT2D eigenvalue weighted by atomic mass is 9.92. The zero-order chi connectivity index (χ0) is 19.9. The van der Waals surface area contributed by atoms with Gasteiger partial charge in [-0.15, -0.1) is 0 Å². The maximum atomic E-state index is 12.8. The first-order valence-corrected chi connectivity index (χ1v) is 11.6. The summed E-state index contributed by atoms with van der Waals surface area (Å²) in [5.41, 5.74) is 1.30. The molecule has 0 aliphatic carbocycles. The largest absolute Gasteiger partial charge is 0.356 e. The highest BCUT2D eigenvalue weighted by Gasteiger charge is 2.31. The lowest BCUT2D eigenvalue weighted by Gasteiger charge is -2.42. The maximum absolute atomic E-state index is 12.8. The van der Waals surface area contributed by atoms with Gasteiger partial charge in [0.2, 0.25) is 5.91 Å². The van der Waals surface area contributed by atoms with Crippen LogP contribution in [0.1, 0.15) is 44.1 Å². The number of hydrogen-bond acceptors (Lipinski definition) is 5. The zero-order valence-electron chi connectivity index (χ0n) is 17.7. The van der Waals surface area contributed by atoms with Gasteiger partial charge in [0.25, 0.3) is 0 Å². The Hall–Kier alpha value is -1.50. The lowest BCUT2D eigenvalue weighted by Crippen LogP contribution is -2.51. The third-order valence-electron chi connectivity index (χ3n) is 7.05. The molecule has 0 radical (unpaired) electrons. The molecule has 4 heterocycles. The second-order valence-corrected chi connectivity index (χ2v) is 9.14. The van der Waals surface area contributed by atoms with Crippen LogP contribution in [0.25, 0.3) is 0 Å². The third-order valence-corrected chi connectivity index (χ3v) is 7.05. The van der Waals surface area contributed by atoms with E-state index >= 15 is 0 Å². The fourth-order valence-corrected chi connectivity index (χ4v) is 5.22. The minimum absolute atomic E-state index is 0.180. The van der Waals surface area contributed by atoms with E-state index in [0.717, 1.165) is 65.2 Å². The van der Waals surface area contributed by atoms with Gasteiger partial charge in [-0.3, -0.25) is 19.6 Å². The molecule has 1 amide bonds. The Morgan fingerprint density at radius 2 is 1.97 bits per heavy atom. The van der Waals surface area contributed by atoms with Crippen LogP contribution < -0.4 is 10.6 Å². The number of pyridine rings is 1. The van der Waals surface area contributed by atoms with Gasteiger partial charge in [0.1, 0.15) is 0 Å². The minimum atomic E-state index is 0.180. The van der Waals surface area contributed by atoms with Crippen LogP contribution in [0.5, 0.6) is 0 Å². The number of carbonyl (C=O) groups excluding carboxylic acids is 1. The van der Waals surface area contributed by atoms with Crippen LogP contribution in [-0.2, 0) is 11.3 Å². The highest BCUT2D eigenvalue weighted by molar-refractivity contribution is 5.79. The lowest BCUT2D eigenvalue weighted by molar-refractivity contribution is -0.127. The molecule has 0 aromatic carbocycles. The van der Waals surface area contributed by atoms with Gasteiger partial charge < -0.3 is 10.6 Å². The minimum Gasteiger partial charge on any atom is -0.356 e. The molecule has 0 spiro atoms. The summed E-state index contributed by atoms with van der Waals surface area (Å²) in [7, 11) is 0. The van der Waals surface area contributed by atoms with Crippen LogP contribution >= 0.6 is 0 Å². The average Bonchev–Trinajstić information content (AvgIpc) is 2.79. The Morgan fingerprint density at radius 3 is 2.72 bits per heavy atom. The van der Waals surface area contributed by atoms with Crippen molar-refractivity contribution in [1.29, 1.82) is 0 Å². The molecular formula is C23H37N5O. The predicted molar refractivity (Wildman–Crippen MR) is 115 cm³/mol. The molecule has 2 N–H and O–H groups in total. The highest BCUT2D eigenvalue weighted by atomic mass is 16.1. The fraction of sp³-hybridized carbons (Fsp3) is 0.739. The Morgan fingerprint density at radius 1 is 1.14 bits per heavy atom. The van der Waals surface area contributed by atoms with Gasteiger partial charge in [-0.2, -0.15) is 0 Å². The molecule has 0 bridgehead atoms. The van der Waals surface area contributed by atoms with Crippen molar-refractivity contribution in [3.63, 3.8) is 0 Å². The van der Waals surface area contributed by atoms with Crippen LogP contribution in [0.15, 0.2) is 24.5 Å². The van der Waals surface area contributed by atoms with Crippen LogP contribution in [0.4, 0.5) is 0 Å². The molecule has 0 unspecified atom stereocenters. The third kappa shape index (κ3) is 6.00. The molecule has 0 saturated carbocycles. The highest BCUT2D eigenvalue weighted by Crippen LogP contribution is 2.25. The Bertz CT molecular complexity index is 625. The van der Waals surface area contributed by atoms with Crippen LogP contribution in [0.2, 0.25) is 0 Å². The van der Waals surface area contributed by atoms with Gasteiger partial charge in [-0.05, 0) is 88.8 Å². The van der Waals surface area contributed by atoms with Crippen molar-refractivity contribution in [3.05, 3.63) is 30.1 Å². The standard InChI is InChI=1S/C23H37N5O/c29-23(26-16-19-5-10-24-11-6-19)21-4-2-12-28(18-21)22-7-13-27(14-8-22)17-20-3-1-9-25-15-20/h1,3,9,15,19,21-22,24H,2,4-8,10-14,16-18H2,(H,26,29)/t21-/m0/s1. The van der Waals surface area contributed by atoms with Crippen LogP contribution in [0.3, 0.4) is 0 Å². The van der Waals surface area contributed by atoms with E-state index < -0.39 is 0 Å². The Kier molecular flexibility index (Phi) is 7.52. The van der Waals surface area contributed by atoms with E-state index in [1.54, 1.807) is 0 Å². The van der Waals surface area contributed by atoms with E-state index in [2.05, 4.69) is 31.5 Å². The van der Waals surface area contributed by atoms with Crippen molar-refractivity contribution in [2.45, 2.75) is 51.1 Å². The number of amides is 1. The number of nitrogens with zero attached hydrogens (tertiary/aromatic N) is 3. The number of aromatic nitrogens is 1. The molecule has 3 fully saturated rings. The topological polar surface area (TPSA) is 60.5 Å². The monoisotopic (exact) mass is 399 g/mol. The molecule has 4 rings (SSSR count). The molecule has 3 aliphatic heterocycles. The number of likely N-dealkylation sites (tertiary alicyclic amines) is 2. The van der Waals surface area contributed by atoms with Gasteiger partial charge in [-0.25, -0.2) is 0 Å². The van der Waals surface area contributed by atoms with Crippen LogP contribution in [-0.4, -0.2) is 72.5 Å². The summed E-state index contributed by atoms with van der Waals surface area (Å²) in [5.74, 6) is 1.13. The van der Waals surface area contributed by atoms with E-state index in [1.807, 2.05) is 18.5 Å². The SMILES string of the molecule is O=C(NCC1CCNCC1)[C@H]1CCCN(C2CCN(Cc3cccnc3)CC2)C1. The van der Waals surface area contributed by atoms with E-state index in [0.29, 0.717) is 17.9 Å². The Balaban J connectivity index is 1.20. The van der Waals surface area contributed by atoms with Crippen LogP contribution in [0, 0.1) is 11.8 Å². The molecule has 160 valence electrons. The average molecular weight is 400 g/mol. The van der Waals surface area contributed by atoms with Gasteiger partial charge in [0.05, 0.1) is 5.92 Å². The molecule has 1 aromatic rings. The number of carbonyl (C=O) groups is 1. The number of nitrogens with one attached hydrogen (secondary N) is 2. The second kappa shape index (κ2) is 10.5. The second-order valence-electron chi connectivity index (χ2n) is 9.14. The van der Waals surface area contributed by atoms with Gasteiger partial charge >= 0.3 is 0 Å². The summed E-state index contributed by atoms with van der Waals surface area (Å²) >= 11 is 0. The van der Waals surface area contributed by atoms with E-state index in [9.17, 15) is 4.79 Å². The fourth-order valence-electron chi connectivity index (χ4n) is 5.22. The molecule has 6 heteroatoms. The smallest absolute Gasteiger partial charge is 0.224 e. The molecular weight excluding hydrogens is 362 g/mol. The normalized spacial score (nSPS) is 25.7. The maximum Gasteiger partial charge on any atom is 0.224 e. The molecule has 1 atom stereocenters. The van der Waals surface area contributed by atoms with E-state index in [-0.39, 0.29) is 5.92 Å². The summed E-state index contributed by atoms with van der Waals surface area (Å²) in [4.78, 5) is 22.1.